The predicted molar refractivity (Wildman–Crippen MR) is 101 cm³/mol. The van der Waals surface area contributed by atoms with Gasteiger partial charge in [0.25, 0.3) is 0 Å². The number of ether oxygens (including phenoxy) is 3. The van der Waals surface area contributed by atoms with Gasteiger partial charge in [0.05, 0.1) is 24.7 Å². The van der Waals surface area contributed by atoms with E-state index < -0.39 is 29.3 Å². The lowest BCUT2D eigenvalue weighted by molar-refractivity contribution is -0.139. The third-order valence-electron chi connectivity index (χ3n) is 4.40. The molecule has 1 unspecified atom stereocenters. The van der Waals surface area contributed by atoms with Crippen molar-refractivity contribution in [1.82, 2.24) is 0 Å². The number of benzene rings is 1. The van der Waals surface area contributed by atoms with Gasteiger partial charge >= 0.3 is 5.97 Å². The summed E-state index contributed by atoms with van der Waals surface area (Å²) in [7, 11) is 0. The zero-order valence-corrected chi connectivity index (χ0v) is 16.8. The van der Waals surface area contributed by atoms with Crippen molar-refractivity contribution >= 4 is 5.97 Å². The molecule has 1 heterocycles. The average molecular weight is 406 g/mol. The van der Waals surface area contributed by atoms with E-state index in [9.17, 15) is 18.8 Å². The van der Waals surface area contributed by atoms with Gasteiger partial charge in [-0.05, 0) is 43.9 Å². The maximum absolute atomic E-state index is 14.6. The number of rotatable bonds is 7. The van der Waals surface area contributed by atoms with Crippen LogP contribution in [-0.4, -0.2) is 19.2 Å². The van der Waals surface area contributed by atoms with Crippen LogP contribution < -0.4 is 10.5 Å². The van der Waals surface area contributed by atoms with Gasteiger partial charge in [-0.25, -0.2) is 13.6 Å². The Morgan fingerprint density at radius 1 is 1.34 bits per heavy atom. The quantitative estimate of drug-likeness (QED) is 0.687. The first-order chi connectivity index (χ1) is 13.7. The fourth-order valence-corrected chi connectivity index (χ4v) is 2.97. The molecule has 0 aromatic heterocycles. The molecule has 0 aliphatic carbocycles. The lowest BCUT2D eigenvalue weighted by Gasteiger charge is -2.27. The fraction of sp³-hybridized carbons (Fsp3) is 0.429. The highest BCUT2D eigenvalue weighted by Crippen LogP contribution is 2.41. The van der Waals surface area contributed by atoms with Gasteiger partial charge in [0.1, 0.15) is 17.4 Å². The van der Waals surface area contributed by atoms with Crippen LogP contribution in [0.4, 0.5) is 8.78 Å². The molecule has 1 atom stereocenters. The van der Waals surface area contributed by atoms with Crippen molar-refractivity contribution in [3.63, 3.8) is 0 Å². The highest BCUT2D eigenvalue weighted by atomic mass is 19.1. The normalized spacial score (nSPS) is 16.6. The van der Waals surface area contributed by atoms with Gasteiger partial charge in [-0.15, -0.1) is 0 Å². The fourth-order valence-electron chi connectivity index (χ4n) is 2.97. The van der Waals surface area contributed by atoms with Crippen molar-refractivity contribution in [2.24, 2.45) is 11.7 Å². The Labute approximate surface area is 168 Å². The van der Waals surface area contributed by atoms with E-state index in [-0.39, 0.29) is 41.6 Å². The Morgan fingerprint density at radius 3 is 2.48 bits per heavy atom. The lowest BCUT2D eigenvalue weighted by atomic mass is 9.83. The topological polar surface area (TPSA) is 94.6 Å². The molecule has 0 bridgehead atoms. The van der Waals surface area contributed by atoms with Crippen molar-refractivity contribution in [3.05, 3.63) is 52.1 Å². The van der Waals surface area contributed by atoms with E-state index in [1.807, 2.05) is 19.9 Å². The summed E-state index contributed by atoms with van der Waals surface area (Å²) < 4.78 is 44.8. The molecule has 0 saturated carbocycles. The number of esters is 1. The Bertz CT molecular complexity index is 877. The van der Waals surface area contributed by atoms with Crippen LogP contribution in [0.2, 0.25) is 0 Å². The standard InChI is InChI=1S/C21H24F2N2O4/c1-5-27-21(26)17-12(4)29-20(25)14(10-24)18(17)13-8-15(22)19(16(23)9-13)28-7-6-11(2)3/h8-9,11,18H,5-7,25H2,1-4H3. The van der Waals surface area contributed by atoms with Gasteiger partial charge in [0.15, 0.2) is 17.4 Å². The number of nitrogens with zero attached hydrogens (tertiary/aromatic N) is 1. The number of halogens is 2. The van der Waals surface area contributed by atoms with Gasteiger partial charge in [0.2, 0.25) is 5.88 Å². The van der Waals surface area contributed by atoms with Crippen molar-refractivity contribution in [3.8, 4) is 11.8 Å². The van der Waals surface area contributed by atoms with Crippen LogP contribution in [0.3, 0.4) is 0 Å². The highest BCUT2D eigenvalue weighted by molar-refractivity contribution is 5.92. The first kappa shape index (κ1) is 22.2. The molecule has 0 radical (unpaired) electrons. The molecule has 2 rings (SSSR count). The smallest absolute Gasteiger partial charge is 0.338 e. The van der Waals surface area contributed by atoms with E-state index in [4.69, 9.17) is 19.9 Å². The molecule has 2 N–H and O–H groups in total. The molecule has 0 amide bonds. The number of carbonyl (C=O) groups is 1. The van der Waals surface area contributed by atoms with Crippen molar-refractivity contribution in [1.29, 1.82) is 5.26 Å². The molecule has 1 aromatic rings. The summed E-state index contributed by atoms with van der Waals surface area (Å²) in [5.74, 6) is -4.08. The van der Waals surface area contributed by atoms with E-state index in [1.54, 1.807) is 6.92 Å². The summed E-state index contributed by atoms with van der Waals surface area (Å²) in [5, 5.41) is 9.52. The van der Waals surface area contributed by atoms with Gasteiger partial charge in [-0.3, -0.25) is 0 Å². The number of carbonyl (C=O) groups excluding carboxylic acids is 1. The van der Waals surface area contributed by atoms with Crippen LogP contribution in [0.5, 0.6) is 5.75 Å². The van der Waals surface area contributed by atoms with Gasteiger partial charge in [0, 0.05) is 0 Å². The Kier molecular flexibility index (Phi) is 7.21. The van der Waals surface area contributed by atoms with Crippen LogP contribution >= 0.6 is 0 Å². The maximum Gasteiger partial charge on any atom is 0.338 e. The second kappa shape index (κ2) is 9.41. The van der Waals surface area contributed by atoms with E-state index in [1.165, 1.54) is 6.92 Å². The molecule has 29 heavy (non-hydrogen) atoms. The molecule has 156 valence electrons. The zero-order chi connectivity index (χ0) is 21.7. The molecule has 8 heteroatoms. The van der Waals surface area contributed by atoms with Crippen molar-refractivity contribution in [2.75, 3.05) is 13.2 Å². The molecule has 6 nitrogen and oxygen atoms in total. The summed E-state index contributed by atoms with van der Waals surface area (Å²) >= 11 is 0. The monoisotopic (exact) mass is 406 g/mol. The summed E-state index contributed by atoms with van der Waals surface area (Å²) in [6.45, 7) is 7.26. The van der Waals surface area contributed by atoms with Crippen molar-refractivity contribution < 1.29 is 27.8 Å². The number of nitriles is 1. The number of allylic oxidation sites excluding steroid dienone is 2. The summed E-state index contributed by atoms with van der Waals surface area (Å²) in [6.07, 6.45) is 0.632. The largest absolute Gasteiger partial charge is 0.488 e. The molecule has 0 fully saturated rings. The van der Waals surface area contributed by atoms with Crippen LogP contribution in [0.15, 0.2) is 34.9 Å². The summed E-state index contributed by atoms with van der Waals surface area (Å²) in [5.41, 5.74) is 5.64. The van der Waals surface area contributed by atoms with Gasteiger partial charge in [-0.2, -0.15) is 5.26 Å². The molecule has 0 spiro atoms. The van der Waals surface area contributed by atoms with Crippen LogP contribution in [-0.2, 0) is 14.3 Å². The van der Waals surface area contributed by atoms with E-state index >= 15 is 0 Å². The third-order valence-corrected chi connectivity index (χ3v) is 4.40. The second-order valence-electron chi connectivity index (χ2n) is 6.96. The van der Waals surface area contributed by atoms with E-state index in [0.717, 1.165) is 12.1 Å². The van der Waals surface area contributed by atoms with Gasteiger partial charge < -0.3 is 19.9 Å². The van der Waals surface area contributed by atoms with Crippen LogP contribution in [0.1, 0.15) is 45.6 Å². The first-order valence-electron chi connectivity index (χ1n) is 9.28. The molecular formula is C21H24F2N2O4. The van der Waals surface area contributed by atoms with Crippen LogP contribution in [0.25, 0.3) is 0 Å². The Balaban J connectivity index is 2.51. The average Bonchev–Trinajstić information content (AvgIpc) is 2.63. The molecular weight excluding hydrogens is 382 g/mol. The van der Waals surface area contributed by atoms with Crippen LogP contribution in [0, 0.1) is 28.9 Å². The minimum atomic E-state index is -1.12. The number of hydrogen-bond donors (Lipinski definition) is 1. The number of hydrogen-bond acceptors (Lipinski definition) is 6. The molecule has 1 aliphatic rings. The molecule has 1 aliphatic heterocycles. The second-order valence-corrected chi connectivity index (χ2v) is 6.96. The first-order valence-corrected chi connectivity index (χ1v) is 9.28. The lowest BCUT2D eigenvalue weighted by Crippen LogP contribution is -2.25. The Hall–Kier alpha value is -3.08. The molecule has 0 saturated heterocycles. The van der Waals surface area contributed by atoms with E-state index in [2.05, 4.69) is 0 Å². The summed E-state index contributed by atoms with van der Waals surface area (Å²) in [4.78, 5) is 12.5. The predicted octanol–water partition coefficient (Wildman–Crippen LogP) is 4.03. The summed E-state index contributed by atoms with van der Waals surface area (Å²) in [6, 6.07) is 3.92. The Morgan fingerprint density at radius 2 is 1.97 bits per heavy atom. The minimum absolute atomic E-state index is 0.0291. The maximum atomic E-state index is 14.6. The SMILES string of the molecule is CCOC(=O)C1=C(C)OC(N)=C(C#N)C1c1cc(F)c(OCCC(C)C)c(F)c1. The number of nitrogens with two attached hydrogens (primary N) is 1. The zero-order valence-electron chi connectivity index (χ0n) is 16.8. The minimum Gasteiger partial charge on any atom is -0.488 e. The van der Waals surface area contributed by atoms with Gasteiger partial charge in [-0.1, -0.05) is 13.8 Å². The molecule has 1 aromatic carbocycles. The van der Waals surface area contributed by atoms with E-state index in [0.29, 0.717) is 12.3 Å². The van der Waals surface area contributed by atoms with Crippen molar-refractivity contribution in [2.45, 2.75) is 40.0 Å². The third kappa shape index (κ3) is 4.86. The highest BCUT2D eigenvalue weighted by Gasteiger charge is 2.37.